The van der Waals surface area contributed by atoms with E-state index < -0.39 is 0 Å². The Bertz CT molecular complexity index is 573. The summed E-state index contributed by atoms with van der Waals surface area (Å²) in [4.78, 5) is 11.7. The fraction of sp³-hybridized carbons (Fsp3) is 0.312. The van der Waals surface area contributed by atoms with E-state index in [4.69, 9.17) is 9.47 Å². The van der Waals surface area contributed by atoms with Crippen LogP contribution >= 0.6 is 23.1 Å². The summed E-state index contributed by atoms with van der Waals surface area (Å²) in [6.07, 6.45) is 0. The van der Waals surface area contributed by atoms with Gasteiger partial charge in [-0.2, -0.15) is 23.1 Å². The van der Waals surface area contributed by atoms with E-state index in [1.165, 1.54) is 5.56 Å². The molecule has 0 aliphatic heterocycles. The largest absolute Gasteiger partial charge is 0.493 e. The number of amides is 1. The molecule has 1 N–H and O–H groups in total. The highest BCUT2D eigenvalue weighted by Gasteiger charge is 2.06. The lowest BCUT2D eigenvalue weighted by Crippen LogP contribution is -2.30. The number of hydrogen-bond donors (Lipinski definition) is 1. The molecular formula is C16H19NO3S2. The third-order valence-corrected chi connectivity index (χ3v) is 4.61. The Balaban J connectivity index is 1.59. The normalized spacial score (nSPS) is 10.2. The Morgan fingerprint density at radius 3 is 2.82 bits per heavy atom. The maximum Gasteiger partial charge on any atom is 0.257 e. The highest BCUT2D eigenvalue weighted by atomic mass is 32.2. The first-order chi connectivity index (χ1) is 10.8. The van der Waals surface area contributed by atoms with Crippen LogP contribution in [0.1, 0.15) is 5.56 Å². The molecule has 4 nitrogen and oxygen atoms in total. The molecular weight excluding hydrogens is 318 g/mol. The number of carbonyl (C=O) groups excluding carboxylic acids is 1. The van der Waals surface area contributed by atoms with Crippen molar-refractivity contribution in [3.05, 3.63) is 46.7 Å². The molecule has 2 rings (SSSR count). The van der Waals surface area contributed by atoms with Crippen molar-refractivity contribution in [3.8, 4) is 11.5 Å². The molecule has 0 aliphatic carbocycles. The monoisotopic (exact) mass is 337 g/mol. The number of nitrogens with one attached hydrogen (secondary N) is 1. The van der Waals surface area contributed by atoms with Gasteiger partial charge in [-0.15, -0.1) is 0 Å². The molecule has 1 heterocycles. The third kappa shape index (κ3) is 5.61. The summed E-state index contributed by atoms with van der Waals surface area (Å²) >= 11 is 3.51. The smallest absolute Gasteiger partial charge is 0.257 e. The zero-order valence-electron chi connectivity index (χ0n) is 12.4. The first-order valence-electron chi connectivity index (χ1n) is 6.91. The van der Waals surface area contributed by atoms with Crippen molar-refractivity contribution in [2.24, 2.45) is 0 Å². The molecule has 0 spiro atoms. The van der Waals surface area contributed by atoms with Gasteiger partial charge in [0.15, 0.2) is 18.1 Å². The topological polar surface area (TPSA) is 47.6 Å². The average Bonchev–Trinajstić information content (AvgIpc) is 3.06. The van der Waals surface area contributed by atoms with Gasteiger partial charge in [0.25, 0.3) is 5.91 Å². The molecule has 0 aliphatic rings. The number of rotatable bonds is 9. The maximum atomic E-state index is 11.7. The Morgan fingerprint density at radius 2 is 2.09 bits per heavy atom. The molecule has 0 saturated heterocycles. The van der Waals surface area contributed by atoms with E-state index in [2.05, 4.69) is 22.1 Å². The fourth-order valence-electron chi connectivity index (χ4n) is 1.76. The van der Waals surface area contributed by atoms with Gasteiger partial charge in [-0.25, -0.2) is 0 Å². The van der Waals surface area contributed by atoms with Gasteiger partial charge in [0.2, 0.25) is 0 Å². The molecule has 1 amide bonds. The van der Waals surface area contributed by atoms with Gasteiger partial charge in [-0.3, -0.25) is 4.79 Å². The predicted molar refractivity (Wildman–Crippen MR) is 92.0 cm³/mol. The van der Waals surface area contributed by atoms with E-state index in [0.717, 1.165) is 11.5 Å². The van der Waals surface area contributed by atoms with Crippen LogP contribution < -0.4 is 14.8 Å². The van der Waals surface area contributed by atoms with Crippen molar-refractivity contribution in [3.63, 3.8) is 0 Å². The van der Waals surface area contributed by atoms with Crippen LogP contribution in [0.5, 0.6) is 11.5 Å². The van der Waals surface area contributed by atoms with Gasteiger partial charge in [0.05, 0.1) is 7.11 Å². The second kappa shape index (κ2) is 9.38. The number of methoxy groups -OCH3 is 1. The van der Waals surface area contributed by atoms with E-state index in [1.807, 2.05) is 12.1 Å². The fourth-order valence-corrected chi connectivity index (χ4v) is 3.34. The zero-order chi connectivity index (χ0) is 15.6. The average molecular weight is 337 g/mol. The zero-order valence-corrected chi connectivity index (χ0v) is 14.0. The predicted octanol–water partition coefficient (Wildman–Crippen LogP) is 3.19. The van der Waals surface area contributed by atoms with Gasteiger partial charge in [0.1, 0.15) is 0 Å². The quantitative estimate of drug-likeness (QED) is 0.714. The molecule has 0 atom stereocenters. The maximum absolute atomic E-state index is 11.7. The molecule has 2 aromatic rings. The van der Waals surface area contributed by atoms with Gasteiger partial charge in [0, 0.05) is 18.1 Å². The molecule has 0 radical (unpaired) electrons. The highest BCUT2D eigenvalue weighted by Crippen LogP contribution is 2.25. The molecule has 0 saturated carbocycles. The van der Waals surface area contributed by atoms with Crippen molar-refractivity contribution in [1.29, 1.82) is 0 Å². The Labute approximate surface area is 138 Å². The summed E-state index contributed by atoms with van der Waals surface area (Å²) in [7, 11) is 1.58. The number of ether oxygens (including phenoxy) is 2. The van der Waals surface area contributed by atoms with Crippen LogP contribution in [0.15, 0.2) is 41.1 Å². The van der Waals surface area contributed by atoms with E-state index in [1.54, 1.807) is 42.3 Å². The van der Waals surface area contributed by atoms with Gasteiger partial charge in [-0.1, -0.05) is 12.1 Å². The minimum Gasteiger partial charge on any atom is -0.493 e. The van der Waals surface area contributed by atoms with Crippen LogP contribution in [0, 0.1) is 0 Å². The van der Waals surface area contributed by atoms with Gasteiger partial charge < -0.3 is 14.8 Å². The van der Waals surface area contributed by atoms with Gasteiger partial charge in [-0.05, 0) is 34.5 Å². The highest BCUT2D eigenvalue weighted by molar-refractivity contribution is 7.98. The molecule has 22 heavy (non-hydrogen) atoms. The number of thiophene rings is 1. The molecule has 0 unspecified atom stereocenters. The van der Waals surface area contributed by atoms with E-state index in [-0.39, 0.29) is 12.5 Å². The molecule has 6 heteroatoms. The van der Waals surface area contributed by atoms with Crippen molar-refractivity contribution in [2.75, 3.05) is 26.0 Å². The van der Waals surface area contributed by atoms with Crippen LogP contribution in [0.4, 0.5) is 0 Å². The van der Waals surface area contributed by atoms with Crippen molar-refractivity contribution in [1.82, 2.24) is 5.32 Å². The Morgan fingerprint density at radius 1 is 1.27 bits per heavy atom. The third-order valence-electron chi connectivity index (χ3n) is 2.85. The standard InChI is InChI=1S/C16H19NO3S2/c1-19-14-4-2-3-5-15(14)20-10-16(18)17-7-9-22-12-13-6-8-21-11-13/h2-6,8,11H,7,9-10,12H2,1H3,(H,17,18). The Kier molecular flexibility index (Phi) is 7.12. The van der Waals surface area contributed by atoms with Crippen molar-refractivity contribution in [2.45, 2.75) is 5.75 Å². The van der Waals surface area contributed by atoms with E-state index in [9.17, 15) is 4.79 Å². The number of benzene rings is 1. The number of thioether (sulfide) groups is 1. The lowest BCUT2D eigenvalue weighted by atomic mass is 10.3. The summed E-state index contributed by atoms with van der Waals surface area (Å²) in [5.74, 6) is 2.95. The van der Waals surface area contributed by atoms with Crippen LogP contribution in [0.25, 0.3) is 0 Å². The van der Waals surface area contributed by atoms with Crippen LogP contribution in [0.2, 0.25) is 0 Å². The minimum absolute atomic E-state index is 0.00439. The number of carbonyl (C=O) groups is 1. The SMILES string of the molecule is COc1ccccc1OCC(=O)NCCSCc1ccsc1. The van der Waals surface area contributed by atoms with Crippen molar-refractivity contribution >= 4 is 29.0 Å². The molecule has 0 fully saturated rings. The second-order valence-electron chi connectivity index (χ2n) is 4.47. The summed E-state index contributed by atoms with van der Waals surface area (Å²) < 4.78 is 10.6. The molecule has 1 aromatic carbocycles. The summed E-state index contributed by atoms with van der Waals surface area (Å²) in [5.41, 5.74) is 1.33. The van der Waals surface area contributed by atoms with Crippen LogP contribution in [0.3, 0.4) is 0 Å². The lowest BCUT2D eigenvalue weighted by molar-refractivity contribution is -0.122. The van der Waals surface area contributed by atoms with Crippen LogP contribution in [-0.4, -0.2) is 31.9 Å². The number of hydrogen-bond acceptors (Lipinski definition) is 5. The molecule has 1 aromatic heterocycles. The summed E-state index contributed by atoms with van der Waals surface area (Å²) in [6, 6.07) is 9.40. The first-order valence-corrected chi connectivity index (χ1v) is 9.00. The van der Waals surface area contributed by atoms with Crippen molar-refractivity contribution < 1.29 is 14.3 Å². The van der Waals surface area contributed by atoms with Crippen LogP contribution in [-0.2, 0) is 10.5 Å². The summed E-state index contributed by atoms with van der Waals surface area (Å²) in [5, 5.41) is 7.07. The minimum atomic E-state index is -0.123. The second-order valence-corrected chi connectivity index (χ2v) is 6.36. The summed E-state index contributed by atoms with van der Waals surface area (Å²) in [6.45, 7) is 0.637. The first kappa shape index (κ1) is 16.7. The molecule has 118 valence electrons. The molecule has 0 bridgehead atoms. The Hall–Kier alpha value is -1.66. The van der Waals surface area contributed by atoms with E-state index >= 15 is 0 Å². The lowest BCUT2D eigenvalue weighted by Gasteiger charge is -2.10. The number of para-hydroxylation sites is 2. The van der Waals surface area contributed by atoms with Gasteiger partial charge >= 0.3 is 0 Å². The van der Waals surface area contributed by atoms with E-state index in [0.29, 0.717) is 18.0 Å².